The Kier molecular flexibility index (Phi) is 8.11. The molecule has 3 N–H and O–H groups in total. The predicted molar refractivity (Wildman–Crippen MR) is 107 cm³/mol. The van der Waals surface area contributed by atoms with Crippen LogP contribution in [0.5, 0.6) is 0 Å². The van der Waals surface area contributed by atoms with E-state index in [1.165, 1.54) is 14.0 Å². The van der Waals surface area contributed by atoms with Crippen molar-refractivity contribution in [2.75, 3.05) is 7.11 Å². The zero-order chi connectivity index (χ0) is 23.8. The third-order valence-corrected chi connectivity index (χ3v) is 6.59. The van der Waals surface area contributed by atoms with Gasteiger partial charge in [-0.1, -0.05) is 0 Å². The average Bonchev–Trinajstić information content (AvgIpc) is 2.71. The van der Waals surface area contributed by atoms with Gasteiger partial charge in [-0.05, 0) is 20.8 Å². The van der Waals surface area contributed by atoms with E-state index in [1.807, 2.05) is 0 Å². The lowest BCUT2D eigenvalue weighted by molar-refractivity contribution is -0.599. The number of nitrogens with zero attached hydrogens (tertiary/aromatic N) is 1. The van der Waals surface area contributed by atoms with Gasteiger partial charge in [-0.25, -0.2) is 0 Å². The van der Waals surface area contributed by atoms with Crippen LogP contribution >= 0.6 is 0 Å². The summed E-state index contributed by atoms with van der Waals surface area (Å²) in [5, 5.41) is 42.4. The topological polar surface area (TPSA) is 159 Å². The fraction of sp³-hybridized carbons (Fsp3) is 1.00. The Morgan fingerprint density at radius 3 is 2.06 bits per heavy atom. The van der Waals surface area contributed by atoms with E-state index in [0.29, 0.717) is 0 Å². The summed E-state index contributed by atoms with van der Waals surface area (Å²) in [6.45, 7) is 6.40. The molecule has 0 bridgehead atoms. The maximum atomic E-state index is 12.1. The van der Waals surface area contributed by atoms with Gasteiger partial charge in [0.25, 0.3) is 5.54 Å². The van der Waals surface area contributed by atoms with Gasteiger partial charge >= 0.3 is 0 Å². The summed E-state index contributed by atoms with van der Waals surface area (Å²) in [5.41, 5.74) is -1.59. The molecule has 12 heteroatoms. The molecule has 3 saturated heterocycles. The molecular formula is C20H35NO11. The van der Waals surface area contributed by atoms with Crippen LogP contribution in [-0.2, 0) is 28.4 Å². The van der Waals surface area contributed by atoms with Crippen molar-refractivity contribution >= 4 is 0 Å². The average molecular weight is 465 g/mol. The lowest BCUT2D eigenvalue weighted by atomic mass is 9.85. The molecule has 186 valence electrons. The predicted octanol–water partition coefficient (Wildman–Crippen LogP) is -0.0740. The number of aliphatic hydroxyl groups excluding tert-OH is 3. The molecule has 3 aliphatic rings. The Morgan fingerprint density at radius 2 is 1.50 bits per heavy atom. The normalized spacial score (nSPS) is 50.2. The van der Waals surface area contributed by atoms with E-state index in [0.717, 1.165) is 0 Å². The molecule has 3 heterocycles. The highest BCUT2D eigenvalue weighted by Crippen LogP contribution is 2.38. The first-order valence-electron chi connectivity index (χ1n) is 10.9. The van der Waals surface area contributed by atoms with Crippen molar-refractivity contribution in [3.8, 4) is 0 Å². The third-order valence-electron chi connectivity index (χ3n) is 6.59. The fourth-order valence-electron chi connectivity index (χ4n) is 4.65. The summed E-state index contributed by atoms with van der Waals surface area (Å²) in [7, 11) is 1.48. The number of methoxy groups -OCH3 is 1. The molecule has 0 radical (unpaired) electrons. The lowest BCUT2D eigenvalue weighted by Crippen LogP contribution is -2.63. The SMILES string of the molecule is CO[C@H]1C[C@H](O)[C@H](O[C@@H]2C[C@](C)([N+](=O)[O-])[C@H](O[C@H]3C[C@H](O)[C@H](O)[C@H](C)O3)[C@H](C)O2)[C@H](C)O1. The first-order chi connectivity index (χ1) is 15.0. The molecule has 0 spiro atoms. The number of hydrogen-bond donors (Lipinski definition) is 3. The van der Waals surface area contributed by atoms with Crippen molar-refractivity contribution in [3.63, 3.8) is 0 Å². The molecule has 0 aliphatic carbocycles. The maximum absolute atomic E-state index is 12.1. The van der Waals surface area contributed by atoms with E-state index in [4.69, 9.17) is 28.4 Å². The molecule has 0 amide bonds. The molecule has 12 nitrogen and oxygen atoms in total. The molecule has 12 atom stereocenters. The van der Waals surface area contributed by atoms with Crippen molar-refractivity contribution in [1.29, 1.82) is 0 Å². The van der Waals surface area contributed by atoms with Crippen LogP contribution in [0.4, 0.5) is 0 Å². The Morgan fingerprint density at radius 1 is 0.906 bits per heavy atom. The molecule has 0 aromatic heterocycles. The Hall–Kier alpha value is -0.960. The van der Waals surface area contributed by atoms with Gasteiger partial charge in [-0.15, -0.1) is 0 Å². The van der Waals surface area contributed by atoms with Gasteiger partial charge in [0.2, 0.25) is 0 Å². The van der Waals surface area contributed by atoms with Gasteiger partial charge in [0.1, 0.15) is 12.2 Å². The summed E-state index contributed by atoms with van der Waals surface area (Å²) in [6, 6.07) is 0. The summed E-state index contributed by atoms with van der Waals surface area (Å²) in [5.74, 6) is 0. The van der Waals surface area contributed by atoms with Crippen molar-refractivity contribution in [1.82, 2.24) is 0 Å². The number of hydrogen-bond acceptors (Lipinski definition) is 11. The van der Waals surface area contributed by atoms with Crippen molar-refractivity contribution in [2.24, 2.45) is 0 Å². The van der Waals surface area contributed by atoms with Gasteiger partial charge in [-0.2, -0.15) is 0 Å². The van der Waals surface area contributed by atoms with Gasteiger partial charge < -0.3 is 43.7 Å². The molecule has 0 aromatic rings. The fourth-order valence-corrected chi connectivity index (χ4v) is 4.65. The minimum absolute atomic E-state index is 0.0216. The van der Waals surface area contributed by atoms with Crippen LogP contribution in [0.2, 0.25) is 0 Å². The van der Waals surface area contributed by atoms with Gasteiger partial charge in [0, 0.05) is 31.8 Å². The van der Waals surface area contributed by atoms with Crippen molar-refractivity contribution < 1.29 is 48.7 Å². The van der Waals surface area contributed by atoms with Crippen LogP contribution in [0.25, 0.3) is 0 Å². The highest BCUT2D eigenvalue weighted by atomic mass is 16.7. The van der Waals surface area contributed by atoms with E-state index in [1.54, 1.807) is 20.8 Å². The van der Waals surface area contributed by atoms with Gasteiger partial charge in [0.05, 0.1) is 36.9 Å². The van der Waals surface area contributed by atoms with E-state index in [-0.39, 0.29) is 19.3 Å². The van der Waals surface area contributed by atoms with Crippen molar-refractivity contribution in [3.05, 3.63) is 10.1 Å². The smallest absolute Gasteiger partial charge is 0.252 e. The van der Waals surface area contributed by atoms with Crippen LogP contribution in [0.3, 0.4) is 0 Å². The third kappa shape index (κ3) is 5.24. The van der Waals surface area contributed by atoms with Crippen LogP contribution < -0.4 is 0 Å². The molecule has 3 rings (SSSR count). The van der Waals surface area contributed by atoms with E-state index in [2.05, 4.69) is 0 Å². The highest BCUT2D eigenvalue weighted by Gasteiger charge is 2.57. The summed E-state index contributed by atoms with van der Waals surface area (Å²) >= 11 is 0. The first-order valence-corrected chi connectivity index (χ1v) is 10.9. The molecule has 0 aromatic carbocycles. The summed E-state index contributed by atoms with van der Waals surface area (Å²) in [4.78, 5) is 11.7. The largest absolute Gasteiger partial charge is 0.390 e. The second kappa shape index (κ2) is 10.1. The van der Waals surface area contributed by atoms with Crippen LogP contribution in [0.1, 0.15) is 47.0 Å². The monoisotopic (exact) mass is 465 g/mol. The molecule has 32 heavy (non-hydrogen) atoms. The number of ether oxygens (including phenoxy) is 6. The second-order valence-corrected chi connectivity index (χ2v) is 9.12. The lowest BCUT2D eigenvalue weighted by Gasteiger charge is -2.46. The summed E-state index contributed by atoms with van der Waals surface area (Å²) < 4.78 is 34.1. The maximum Gasteiger partial charge on any atom is 0.252 e. The Labute approximate surface area is 186 Å². The van der Waals surface area contributed by atoms with E-state index in [9.17, 15) is 25.4 Å². The van der Waals surface area contributed by atoms with Gasteiger partial charge in [0.15, 0.2) is 25.0 Å². The molecule has 0 unspecified atom stereocenters. The Bertz CT molecular complexity index is 629. The molecule has 3 aliphatic heterocycles. The molecular weight excluding hydrogens is 430 g/mol. The highest BCUT2D eigenvalue weighted by molar-refractivity contribution is 4.95. The standard InChI is InChI=1S/C20H35NO11/c1-9-17(24)12(22)6-15(28-9)32-19-11(3)30-16(8-20(19,4)21(25)26)31-18-10(2)29-14(27-5)7-13(18)23/h9-19,22-24H,6-8H2,1-5H3/t9-,10-,11-,12-,13-,14+,15-,16+,17+,18+,19+,20-/m0/s1. The minimum atomic E-state index is -1.59. The molecule has 3 fully saturated rings. The van der Waals surface area contributed by atoms with E-state index < -0.39 is 78.2 Å². The first kappa shape index (κ1) is 25.7. The van der Waals surface area contributed by atoms with Crippen LogP contribution in [0, 0.1) is 10.1 Å². The minimum Gasteiger partial charge on any atom is -0.390 e. The number of rotatable bonds is 6. The van der Waals surface area contributed by atoms with E-state index >= 15 is 0 Å². The zero-order valence-corrected chi connectivity index (χ0v) is 19.0. The Balaban J connectivity index is 1.69. The number of nitro groups is 1. The molecule has 0 saturated carbocycles. The number of aliphatic hydroxyl groups is 3. The second-order valence-electron chi connectivity index (χ2n) is 9.12. The van der Waals surface area contributed by atoms with Crippen LogP contribution in [-0.4, -0.2) is 101 Å². The summed E-state index contributed by atoms with van der Waals surface area (Å²) in [6.07, 6.45) is -9.11. The van der Waals surface area contributed by atoms with Crippen LogP contribution in [0.15, 0.2) is 0 Å². The van der Waals surface area contributed by atoms with Gasteiger partial charge in [-0.3, -0.25) is 10.1 Å². The zero-order valence-electron chi connectivity index (χ0n) is 19.0. The van der Waals surface area contributed by atoms with Crippen molar-refractivity contribution in [2.45, 2.75) is 120 Å². The quantitative estimate of drug-likeness (QED) is 0.356.